The van der Waals surface area contributed by atoms with Crippen molar-refractivity contribution in [3.05, 3.63) is 22.8 Å². The predicted molar refractivity (Wildman–Crippen MR) is 93.6 cm³/mol. The zero-order valence-corrected chi connectivity index (χ0v) is 16.3. The number of carboxylic acid groups (broad SMARTS) is 2. The molecule has 0 spiro atoms. The number of hydrogen-bond donors (Lipinski definition) is 2. The molecule has 1 atom stereocenters. The highest BCUT2D eigenvalue weighted by atomic mass is 32.2. The summed E-state index contributed by atoms with van der Waals surface area (Å²) in [5.74, 6) is -6.32. The molecule has 27 heavy (non-hydrogen) atoms. The summed E-state index contributed by atoms with van der Waals surface area (Å²) >= 11 is 0. The van der Waals surface area contributed by atoms with Gasteiger partial charge in [-0.15, -0.1) is 0 Å². The maximum absolute atomic E-state index is 11.5. The lowest BCUT2D eigenvalue weighted by Gasteiger charge is -2.19. The highest BCUT2D eigenvalue weighted by Crippen LogP contribution is 2.46. The van der Waals surface area contributed by atoms with Crippen molar-refractivity contribution in [3.8, 4) is 11.5 Å². The third kappa shape index (κ3) is 4.01. The van der Waals surface area contributed by atoms with E-state index in [1.807, 2.05) is 6.92 Å². The van der Waals surface area contributed by atoms with Crippen LogP contribution < -0.4 is 9.47 Å². The van der Waals surface area contributed by atoms with Crippen LogP contribution in [0.3, 0.4) is 0 Å². The van der Waals surface area contributed by atoms with Gasteiger partial charge in [-0.2, -0.15) is 8.42 Å². The third-order valence-corrected chi connectivity index (χ3v) is 4.86. The summed E-state index contributed by atoms with van der Waals surface area (Å²) in [5, 5.41) is 18.6. The number of aryl methyl sites for hydroxylation is 1. The van der Waals surface area contributed by atoms with Gasteiger partial charge in [0.2, 0.25) is 0 Å². The Morgan fingerprint density at radius 3 is 2.19 bits per heavy atom. The van der Waals surface area contributed by atoms with E-state index in [0.717, 1.165) is 17.4 Å². The first-order valence-electron chi connectivity index (χ1n) is 8.35. The summed E-state index contributed by atoms with van der Waals surface area (Å²) in [6.45, 7) is 5.26. The molecule has 0 saturated heterocycles. The van der Waals surface area contributed by atoms with Gasteiger partial charge in [0, 0.05) is 12.0 Å². The predicted octanol–water partition coefficient (Wildman–Crippen LogP) is 1.36. The molecule has 2 N–H and O–H groups in total. The van der Waals surface area contributed by atoms with Gasteiger partial charge >= 0.3 is 17.7 Å². The summed E-state index contributed by atoms with van der Waals surface area (Å²) in [7, 11) is -3.65. The van der Waals surface area contributed by atoms with E-state index in [4.69, 9.17) is 13.7 Å². The normalized spacial score (nSPS) is 16.1. The number of rotatable bonds is 8. The van der Waals surface area contributed by atoms with Gasteiger partial charge in [0.15, 0.2) is 11.5 Å². The van der Waals surface area contributed by atoms with Crippen molar-refractivity contribution < 1.29 is 41.9 Å². The Kier molecular flexibility index (Phi) is 5.71. The van der Waals surface area contributed by atoms with Gasteiger partial charge in [0.25, 0.3) is 10.1 Å². The first-order chi connectivity index (χ1) is 12.4. The fourth-order valence-corrected chi connectivity index (χ4v) is 3.79. The summed E-state index contributed by atoms with van der Waals surface area (Å²) in [5.41, 5.74) is 2.06. The van der Waals surface area contributed by atoms with Gasteiger partial charge in [-0.3, -0.25) is 4.18 Å². The number of hydrogen-bond acceptors (Lipinski definition) is 7. The van der Waals surface area contributed by atoms with Gasteiger partial charge in [-0.05, 0) is 37.0 Å². The average molecular weight is 402 g/mol. The number of carbonyl (C=O) groups is 2. The van der Waals surface area contributed by atoms with E-state index in [1.165, 1.54) is 6.07 Å². The minimum atomic E-state index is -3.65. The highest BCUT2D eigenvalue weighted by molar-refractivity contribution is 7.86. The molecule has 0 fully saturated rings. The molecule has 0 aromatic heterocycles. The molecule has 0 saturated carbocycles. The third-order valence-electron chi connectivity index (χ3n) is 4.18. The minimum Gasteiger partial charge on any atom is -0.475 e. The van der Waals surface area contributed by atoms with Crippen LogP contribution in [0.2, 0.25) is 0 Å². The zero-order chi connectivity index (χ0) is 20.6. The van der Waals surface area contributed by atoms with Crippen molar-refractivity contribution in [2.24, 2.45) is 0 Å². The molecule has 10 heteroatoms. The lowest BCUT2D eigenvalue weighted by atomic mass is 9.92. The molecule has 2 rings (SSSR count). The van der Waals surface area contributed by atoms with Crippen molar-refractivity contribution in [1.82, 2.24) is 0 Å². The topological polar surface area (TPSA) is 136 Å². The molecule has 0 radical (unpaired) electrons. The van der Waals surface area contributed by atoms with Gasteiger partial charge < -0.3 is 19.7 Å². The van der Waals surface area contributed by atoms with Crippen molar-refractivity contribution in [3.63, 3.8) is 0 Å². The van der Waals surface area contributed by atoms with Crippen LogP contribution in [-0.2, 0) is 43.2 Å². The molecule has 150 valence electrons. The first kappa shape index (κ1) is 21.0. The summed E-state index contributed by atoms with van der Waals surface area (Å²) in [6.07, 6.45) is 1.45. The van der Waals surface area contributed by atoms with E-state index in [2.05, 4.69) is 0 Å². The second kappa shape index (κ2) is 7.35. The van der Waals surface area contributed by atoms with Crippen LogP contribution in [0, 0.1) is 0 Å². The molecule has 0 amide bonds. The smallest absolute Gasteiger partial charge is 0.453 e. The van der Waals surface area contributed by atoms with Crippen LogP contribution in [0.5, 0.6) is 11.5 Å². The van der Waals surface area contributed by atoms with E-state index >= 15 is 0 Å². The SMILES string of the molecule is CCc1cc2c(c(CC)c1C[C@H](C)OS(C)(=O)=O)OC(C(=O)O)(C(=O)O)O2. The molecule has 1 aromatic carbocycles. The van der Waals surface area contributed by atoms with Crippen LogP contribution in [0.4, 0.5) is 0 Å². The maximum atomic E-state index is 11.5. The number of aliphatic carboxylic acids is 2. The van der Waals surface area contributed by atoms with Crippen LogP contribution in [0.25, 0.3) is 0 Å². The van der Waals surface area contributed by atoms with Crippen LogP contribution in [0.15, 0.2) is 6.07 Å². The summed E-state index contributed by atoms with van der Waals surface area (Å²) in [4.78, 5) is 23.0. The van der Waals surface area contributed by atoms with E-state index in [1.54, 1.807) is 13.8 Å². The lowest BCUT2D eigenvalue weighted by molar-refractivity contribution is -0.194. The van der Waals surface area contributed by atoms with Gasteiger partial charge in [0.1, 0.15) is 0 Å². The molecule has 1 aliphatic heterocycles. The Morgan fingerprint density at radius 1 is 1.15 bits per heavy atom. The molecule has 1 aromatic rings. The quantitative estimate of drug-likeness (QED) is 0.488. The largest absolute Gasteiger partial charge is 0.475 e. The van der Waals surface area contributed by atoms with Crippen LogP contribution in [0.1, 0.15) is 37.5 Å². The number of fused-ring (bicyclic) bond motifs is 1. The Bertz CT molecular complexity index is 859. The maximum Gasteiger partial charge on any atom is 0.453 e. The van der Waals surface area contributed by atoms with Crippen molar-refractivity contribution in [2.45, 2.75) is 51.9 Å². The molecular weight excluding hydrogens is 380 g/mol. The van der Waals surface area contributed by atoms with E-state index < -0.39 is 33.9 Å². The Hall–Kier alpha value is -2.33. The van der Waals surface area contributed by atoms with Gasteiger partial charge in [-0.1, -0.05) is 13.8 Å². The van der Waals surface area contributed by atoms with E-state index in [0.29, 0.717) is 18.4 Å². The number of carboxylic acids is 2. The van der Waals surface area contributed by atoms with Crippen molar-refractivity contribution >= 4 is 22.1 Å². The van der Waals surface area contributed by atoms with Gasteiger partial charge in [0.05, 0.1) is 12.4 Å². The van der Waals surface area contributed by atoms with Gasteiger partial charge in [-0.25, -0.2) is 9.59 Å². The van der Waals surface area contributed by atoms with Crippen molar-refractivity contribution in [1.29, 1.82) is 0 Å². The fraction of sp³-hybridized carbons (Fsp3) is 0.529. The first-order valence-corrected chi connectivity index (χ1v) is 10.2. The summed E-state index contributed by atoms with van der Waals surface area (Å²) in [6, 6.07) is 1.53. The number of benzene rings is 1. The minimum absolute atomic E-state index is 0.0361. The fourth-order valence-electron chi connectivity index (χ4n) is 3.13. The zero-order valence-electron chi connectivity index (χ0n) is 15.4. The molecule has 0 unspecified atom stereocenters. The standard InChI is InChI=1S/C17H22O9S/c1-5-10-8-13-14(25-17(24-13,15(18)19)16(20)21)11(6-2)12(10)7-9(3)26-27(4,22)23/h8-9H,5-7H2,1-4H3,(H,18,19)(H,20,21)/t9-/m0/s1. The number of ether oxygens (including phenoxy) is 2. The average Bonchev–Trinajstić information content (AvgIpc) is 2.93. The van der Waals surface area contributed by atoms with Crippen LogP contribution >= 0.6 is 0 Å². The molecule has 1 aliphatic rings. The highest BCUT2D eigenvalue weighted by Gasteiger charge is 2.58. The molecule has 0 aliphatic carbocycles. The molecule has 1 heterocycles. The van der Waals surface area contributed by atoms with Crippen LogP contribution in [-0.4, -0.2) is 48.7 Å². The second-order valence-electron chi connectivity index (χ2n) is 6.27. The lowest BCUT2D eigenvalue weighted by Crippen LogP contribution is -2.54. The Balaban J connectivity index is 2.54. The summed E-state index contributed by atoms with van der Waals surface area (Å²) < 4.78 is 38.2. The van der Waals surface area contributed by atoms with E-state index in [9.17, 15) is 28.2 Å². The Labute approximate surface area is 157 Å². The Morgan fingerprint density at radius 2 is 1.74 bits per heavy atom. The molecule has 9 nitrogen and oxygen atoms in total. The molecular formula is C17H22O9S. The van der Waals surface area contributed by atoms with E-state index in [-0.39, 0.29) is 17.9 Å². The second-order valence-corrected chi connectivity index (χ2v) is 7.87. The monoisotopic (exact) mass is 402 g/mol. The molecule has 0 bridgehead atoms. The van der Waals surface area contributed by atoms with Crippen molar-refractivity contribution in [2.75, 3.05) is 6.26 Å².